The summed E-state index contributed by atoms with van der Waals surface area (Å²) in [5.41, 5.74) is 1.90. The van der Waals surface area contributed by atoms with Crippen molar-refractivity contribution in [1.29, 1.82) is 0 Å². The number of non-ortho nitro benzene ring substituents is 1. The third-order valence-electron chi connectivity index (χ3n) is 5.78. The van der Waals surface area contributed by atoms with E-state index >= 15 is 0 Å². The van der Waals surface area contributed by atoms with Crippen LogP contribution in [0, 0.1) is 21.8 Å². The Hall–Kier alpha value is -2.31. The van der Waals surface area contributed by atoms with Crippen LogP contribution < -0.4 is 5.32 Å². The number of Topliss-reactive ketones (excluding diaryl/α,β-unsaturated/α-hetero) is 1. The number of ketones is 1. The second-order valence-corrected chi connectivity index (χ2v) is 7.80. The topological polar surface area (TPSA) is 72.2 Å². The van der Waals surface area contributed by atoms with Gasteiger partial charge in [0.1, 0.15) is 5.82 Å². The smallest absolute Gasteiger partial charge is 0.269 e. The second-order valence-electron chi connectivity index (χ2n) is 7.80. The molecule has 2 aromatic rings. The summed E-state index contributed by atoms with van der Waals surface area (Å²) in [6.45, 7) is 1.76. The van der Waals surface area contributed by atoms with Gasteiger partial charge in [0.25, 0.3) is 5.69 Å². The standard InChI is InChI=1S/C23H27FN2O3.ClH/c24-21-11-7-20(8-12-21)23(27)2-1-15-25-16-17-3-5-18(6-4-17)19-9-13-22(14-10-19)26(28)29;/h7-14,17-18,25H,1-6,15-16H2;1H. The first-order chi connectivity index (χ1) is 14.0. The molecule has 162 valence electrons. The molecule has 0 unspecified atom stereocenters. The summed E-state index contributed by atoms with van der Waals surface area (Å²) >= 11 is 0. The molecule has 7 heteroatoms. The molecule has 0 aromatic heterocycles. The lowest BCUT2D eigenvalue weighted by Gasteiger charge is -2.29. The normalized spacial score (nSPS) is 18.4. The summed E-state index contributed by atoms with van der Waals surface area (Å²) < 4.78 is 12.9. The van der Waals surface area contributed by atoms with Gasteiger partial charge in [0.2, 0.25) is 0 Å². The Labute approximate surface area is 182 Å². The van der Waals surface area contributed by atoms with Crippen LogP contribution in [0.1, 0.15) is 60.4 Å². The van der Waals surface area contributed by atoms with Crippen LogP contribution in [0.4, 0.5) is 10.1 Å². The maximum atomic E-state index is 12.9. The SMILES string of the molecule is Cl.O=C(CCCNCC1CCC(c2ccc([N+](=O)[O-])cc2)CC1)c1ccc(F)cc1. The lowest BCUT2D eigenvalue weighted by atomic mass is 9.78. The molecule has 1 aliphatic carbocycles. The predicted octanol–water partition coefficient (Wildman–Crippen LogP) is 5.68. The highest BCUT2D eigenvalue weighted by atomic mass is 35.5. The van der Waals surface area contributed by atoms with Crippen LogP contribution in [-0.4, -0.2) is 23.8 Å². The first kappa shape index (κ1) is 24.0. The van der Waals surface area contributed by atoms with Crippen LogP contribution in [0.25, 0.3) is 0 Å². The van der Waals surface area contributed by atoms with Crippen molar-refractivity contribution in [3.8, 4) is 0 Å². The first-order valence-corrected chi connectivity index (χ1v) is 10.3. The summed E-state index contributed by atoms with van der Waals surface area (Å²) in [4.78, 5) is 22.5. The molecule has 1 fully saturated rings. The van der Waals surface area contributed by atoms with Crippen LogP contribution in [-0.2, 0) is 0 Å². The minimum Gasteiger partial charge on any atom is -0.316 e. The molecular weight excluding hydrogens is 407 g/mol. The van der Waals surface area contributed by atoms with Crippen molar-refractivity contribution >= 4 is 23.9 Å². The largest absolute Gasteiger partial charge is 0.316 e. The van der Waals surface area contributed by atoms with Gasteiger partial charge in [0, 0.05) is 24.1 Å². The molecule has 0 saturated heterocycles. The number of carbonyl (C=O) groups excluding carboxylic acids is 1. The zero-order valence-corrected chi connectivity index (χ0v) is 17.7. The van der Waals surface area contributed by atoms with Gasteiger partial charge in [0.05, 0.1) is 4.92 Å². The molecule has 0 amide bonds. The predicted molar refractivity (Wildman–Crippen MR) is 118 cm³/mol. The van der Waals surface area contributed by atoms with E-state index in [1.807, 2.05) is 12.1 Å². The Balaban J connectivity index is 0.00000320. The van der Waals surface area contributed by atoms with E-state index in [0.29, 0.717) is 23.8 Å². The average molecular weight is 435 g/mol. The molecule has 5 nitrogen and oxygen atoms in total. The molecule has 2 aromatic carbocycles. The van der Waals surface area contributed by atoms with Gasteiger partial charge in [-0.15, -0.1) is 12.4 Å². The third-order valence-corrected chi connectivity index (χ3v) is 5.78. The molecule has 0 aliphatic heterocycles. The molecule has 3 rings (SSSR count). The lowest BCUT2D eigenvalue weighted by molar-refractivity contribution is -0.384. The van der Waals surface area contributed by atoms with E-state index in [4.69, 9.17) is 0 Å². The van der Waals surface area contributed by atoms with Crippen molar-refractivity contribution in [3.63, 3.8) is 0 Å². The Bertz CT molecular complexity index is 819. The van der Waals surface area contributed by atoms with Gasteiger partial charge < -0.3 is 5.32 Å². The molecule has 1 saturated carbocycles. The Morgan fingerprint density at radius 3 is 2.27 bits per heavy atom. The van der Waals surface area contributed by atoms with Crippen LogP contribution >= 0.6 is 12.4 Å². The van der Waals surface area contributed by atoms with E-state index in [2.05, 4.69) is 5.32 Å². The molecule has 1 N–H and O–H groups in total. The van der Waals surface area contributed by atoms with Gasteiger partial charge in [-0.2, -0.15) is 0 Å². The Morgan fingerprint density at radius 1 is 1.03 bits per heavy atom. The molecular formula is C23H28ClFN2O3. The van der Waals surface area contributed by atoms with E-state index in [1.54, 1.807) is 12.1 Å². The summed E-state index contributed by atoms with van der Waals surface area (Å²) in [5.74, 6) is 0.847. The summed E-state index contributed by atoms with van der Waals surface area (Å²) in [6.07, 6.45) is 5.73. The monoisotopic (exact) mass is 434 g/mol. The Kier molecular flexibility index (Phi) is 9.40. The van der Waals surface area contributed by atoms with E-state index in [9.17, 15) is 19.3 Å². The maximum absolute atomic E-state index is 12.9. The minimum absolute atomic E-state index is 0. The highest BCUT2D eigenvalue weighted by molar-refractivity contribution is 5.95. The fourth-order valence-corrected chi connectivity index (χ4v) is 4.03. The quantitative estimate of drug-likeness (QED) is 0.238. The van der Waals surface area contributed by atoms with Gasteiger partial charge in [-0.25, -0.2) is 4.39 Å². The fraction of sp³-hybridized carbons (Fsp3) is 0.435. The number of carbonyl (C=O) groups is 1. The number of hydrogen-bond acceptors (Lipinski definition) is 4. The average Bonchev–Trinajstić information content (AvgIpc) is 2.74. The van der Waals surface area contributed by atoms with Crippen molar-refractivity contribution in [1.82, 2.24) is 5.32 Å². The van der Waals surface area contributed by atoms with Gasteiger partial charge in [-0.05, 0) is 86.9 Å². The highest BCUT2D eigenvalue weighted by Crippen LogP contribution is 2.36. The first-order valence-electron chi connectivity index (χ1n) is 10.3. The number of benzene rings is 2. The molecule has 1 aliphatic rings. The highest BCUT2D eigenvalue weighted by Gasteiger charge is 2.22. The zero-order chi connectivity index (χ0) is 20.6. The van der Waals surface area contributed by atoms with Crippen molar-refractivity contribution in [2.45, 2.75) is 44.4 Å². The number of nitrogens with zero attached hydrogens (tertiary/aromatic N) is 1. The summed E-state index contributed by atoms with van der Waals surface area (Å²) in [7, 11) is 0. The second kappa shape index (κ2) is 11.8. The molecule has 0 bridgehead atoms. The van der Waals surface area contributed by atoms with Crippen molar-refractivity contribution < 1.29 is 14.1 Å². The van der Waals surface area contributed by atoms with Gasteiger partial charge in [-0.1, -0.05) is 12.1 Å². The molecule has 0 atom stereocenters. The number of nitrogens with one attached hydrogen (secondary N) is 1. The molecule has 0 radical (unpaired) electrons. The number of halogens is 2. The Morgan fingerprint density at radius 2 is 1.67 bits per heavy atom. The van der Waals surface area contributed by atoms with Crippen molar-refractivity contribution in [2.75, 3.05) is 13.1 Å². The minimum atomic E-state index is -0.362. The van der Waals surface area contributed by atoms with Crippen LogP contribution in [0.3, 0.4) is 0 Å². The van der Waals surface area contributed by atoms with Crippen LogP contribution in [0.15, 0.2) is 48.5 Å². The van der Waals surface area contributed by atoms with Gasteiger partial charge in [-0.3, -0.25) is 14.9 Å². The van der Waals surface area contributed by atoms with Crippen LogP contribution in [0.5, 0.6) is 0 Å². The van der Waals surface area contributed by atoms with E-state index in [1.165, 1.54) is 29.8 Å². The number of nitro groups is 1. The number of nitro benzene ring substituents is 1. The van der Waals surface area contributed by atoms with E-state index in [0.717, 1.165) is 45.2 Å². The zero-order valence-electron chi connectivity index (χ0n) is 16.9. The number of hydrogen-bond donors (Lipinski definition) is 1. The van der Waals surface area contributed by atoms with Gasteiger partial charge in [0.15, 0.2) is 5.78 Å². The van der Waals surface area contributed by atoms with Crippen LogP contribution in [0.2, 0.25) is 0 Å². The maximum Gasteiger partial charge on any atom is 0.269 e. The third kappa shape index (κ3) is 6.89. The number of rotatable bonds is 9. The van der Waals surface area contributed by atoms with E-state index < -0.39 is 0 Å². The van der Waals surface area contributed by atoms with E-state index in [-0.39, 0.29) is 34.6 Å². The lowest BCUT2D eigenvalue weighted by Crippen LogP contribution is -2.27. The molecule has 0 spiro atoms. The molecule has 0 heterocycles. The fourth-order valence-electron chi connectivity index (χ4n) is 4.03. The van der Waals surface area contributed by atoms with Crippen molar-refractivity contribution in [2.24, 2.45) is 5.92 Å². The molecule has 30 heavy (non-hydrogen) atoms. The van der Waals surface area contributed by atoms with Gasteiger partial charge >= 0.3 is 0 Å². The summed E-state index contributed by atoms with van der Waals surface area (Å²) in [6, 6.07) is 12.7. The van der Waals surface area contributed by atoms with Crippen molar-refractivity contribution in [3.05, 3.63) is 75.6 Å². The summed E-state index contributed by atoms with van der Waals surface area (Å²) in [5, 5.41) is 14.2.